The quantitative estimate of drug-likeness (QED) is 0.612. The topological polar surface area (TPSA) is 55.2 Å². The molecule has 0 aliphatic carbocycles. The molecule has 0 saturated carbocycles. The molecule has 8 heteroatoms. The molecule has 1 fully saturated rings. The fourth-order valence-corrected chi connectivity index (χ4v) is 3.63. The van der Waals surface area contributed by atoms with Crippen molar-refractivity contribution in [3.63, 3.8) is 0 Å². The van der Waals surface area contributed by atoms with Crippen LogP contribution in [0.25, 0.3) is 23.0 Å². The Morgan fingerprint density at radius 3 is 2.32 bits per heavy atom. The van der Waals surface area contributed by atoms with Gasteiger partial charge in [-0.3, -0.25) is 14.5 Å². The third-order valence-electron chi connectivity index (χ3n) is 4.17. The van der Waals surface area contributed by atoms with Crippen LogP contribution in [0, 0.1) is 11.6 Å². The van der Waals surface area contributed by atoms with Crippen LogP contribution in [-0.2, 0) is 4.79 Å². The number of nitrogens with zero attached hydrogens (tertiary/aromatic N) is 3. The summed E-state index contributed by atoms with van der Waals surface area (Å²) in [5, 5.41) is 4.07. The van der Waals surface area contributed by atoms with Crippen LogP contribution in [0.4, 0.5) is 13.6 Å². The lowest BCUT2D eigenvalue weighted by Gasteiger charge is -2.02. The average Bonchev–Trinajstić information content (AvgIpc) is 3.19. The van der Waals surface area contributed by atoms with Gasteiger partial charge in [-0.25, -0.2) is 13.5 Å². The van der Waals surface area contributed by atoms with Crippen LogP contribution in [0.2, 0.25) is 0 Å². The standard InChI is InChI=1S/C20H13F2N3O2S/c1-24-19(26)17(28-20(24)27)9-13-11-25(16-5-3-2-4-6-16)23-18(13)12-7-14(21)10-15(22)8-12/h2-11H,1H3/b17-9+. The second kappa shape index (κ2) is 7.05. The number of benzene rings is 2. The zero-order valence-corrected chi connectivity index (χ0v) is 15.4. The number of rotatable bonds is 3. The summed E-state index contributed by atoms with van der Waals surface area (Å²) in [5.74, 6) is -1.90. The van der Waals surface area contributed by atoms with Crippen molar-refractivity contribution in [1.82, 2.24) is 14.7 Å². The summed E-state index contributed by atoms with van der Waals surface area (Å²) in [4.78, 5) is 25.2. The number of hydrogen-bond acceptors (Lipinski definition) is 4. The molecule has 1 aliphatic rings. The molecule has 0 bridgehead atoms. The lowest BCUT2D eigenvalue weighted by molar-refractivity contribution is -0.121. The van der Waals surface area contributed by atoms with Gasteiger partial charge in [-0.05, 0) is 42.1 Å². The van der Waals surface area contributed by atoms with Gasteiger partial charge in [0.25, 0.3) is 11.1 Å². The predicted octanol–water partition coefficient (Wildman–Crippen LogP) is 4.48. The van der Waals surface area contributed by atoms with E-state index in [0.717, 1.165) is 28.4 Å². The second-order valence-corrected chi connectivity index (χ2v) is 7.11. The summed E-state index contributed by atoms with van der Waals surface area (Å²) in [5.41, 5.74) is 1.73. The normalized spacial score (nSPS) is 15.7. The van der Waals surface area contributed by atoms with Crippen molar-refractivity contribution in [2.75, 3.05) is 7.05 Å². The van der Waals surface area contributed by atoms with Gasteiger partial charge in [0.2, 0.25) is 0 Å². The SMILES string of the molecule is CN1C(=O)S/C(=C/c2cn(-c3ccccc3)nc2-c2cc(F)cc(F)c2)C1=O. The van der Waals surface area contributed by atoms with Crippen LogP contribution in [-0.4, -0.2) is 32.9 Å². The zero-order valence-electron chi connectivity index (χ0n) is 14.6. The number of carbonyl (C=O) groups excluding carboxylic acids is 2. The van der Waals surface area contributed by atoms with Crippen LogP contribution in [0.5, 0.6) is 0 Å². The monoisotopic (exact) mass is 397 g/mol. The Kier molecular flexibility index (Phi) is 4.56. The van der Waals surface area contributed by atoms with Gasteiger partial charge in [0.15, 0.2) is 0 Å². The molecule has 0 unspecified atom stereocenters. The van der Waals surface area contributed by atoms with E-state index in [9.17, 15) is 18.4 Å². The van der Waals surface area contributed by atoms with Crippen LogP contribution in [0.15, 0.2) is 59.6 Å². The first-order valence-electron chi connectivity index (χ1n) is 8.25. The van der Waals surface area contributed by atoms with Crippen molar-refractivity contribution in [1.29, 1.82) is 0 Å². The van der Waals surface area contributed by atoms with Gasteiger partial charge < -0.3 is 0 Å². The summed E-state index contributed by atoms with van der Waals surface area (Å²) in [7, 11) is 1.40. The minimum absolute atomic E-state index is 0.221. The van der Waals surface area contributed by atoms with E-state index < -0.39 is 17.5 Å². The number of likely N-dealkylation sites (N-methyl/N-ethyl adjacent to an activating group) is 1. The van der Waals surface area contributed by atoms with Crippen molar-refractivity contribution in [2.24, 2.45) is 0 Å². The van der Waals surface area contributed by atoms with E-state index >= 15 is 0 Å². The van der Waals surface area contributed by atoms with Gasteiger partial charge in [0.05, 0.1) is 10.6 Å². The highest BCUT2D eigenvalue weighted by molar-refractivity contribution is 8.18. The van der Waals surface area contributed by atoms with Gasteiger partial charge in [-0.2, -0.15) is 5.10 Å². The Balaban J connectivity index is 1.88. The molecule has 1 aromatic heterocycles. The highest BCUT2D eigenvalue weighted by Crippen LogP contribution is 2.34. The number of imide groups is 1. The Morgan fingerprint density at radius 2 is 1.71 bits per heavy atom. The molecule has 2 heterocycles. The number of thioether (sulfide) groups is 1. The largest absolute Gasteiger partial charge is 0.293 e. The molecule has 4 rings (SSSR count). The average molecular weight is 397 g/mol. The number of carbonyl (C=O) groups is 2. The number of hydrogen-bond donors (Lipinski definition) is 0. The first-order valence-corrected chi connectivity index (χ1v) is 9.07. The highest BCUT2D eigenvalue weighted by Gasteiger charge is 2.32. The van der Waals surface area contributed by atoms with Crippen molar-refractivity contribution < 1.29 is 18.4 Å². The van der Waals surface area contributed by atoms with Gasteiger partial charge in [-0.15, -0.1) is 0 Å². The molecular weight excluding hydrogens is 384 g/mol. The molecule has 0 spiro atoms. The van der Waals surface area contributed by atoms with Gasteiger partial charge in [0.1, 0.15) is 17.3 Å². The van der Waals surface area contributed by atoms with Crippen LogP contribution in [0.1, 0.15) is 5.56 Å². The number of halogens is 2. The summed E-state index contributed by atoms with van der Waals surface area (Å²) in [6.07, 6.45) is 3.16. The Labute approximate surface area is 163 Å². The van der Waals surface area contributed by atoms with Crippen molar-refractivity contribution >= 4 is 29.0 Å². The minimum atomic E-state index is -0.732. The van der Waals surface area contributed by atoms with Crippen molar-refractivity contribution in [3.8, 4) is 16.9 Å². The maximum absolute atomic E-state index is 13.7. The Bertz CT molecular complexity index is 1110. The molecule has 5 nitrogen and oxygen atoms in total. The number of para-hydroxylation sites is 1. The molecule has 140 valence electrons. The molecule has 1 saturated heterocycles. The molecule has 2 aromatic carbocycles. The summed E-state index contributed by atoms with van der Waals surface area (Å²) < 4.78 is 29.0. The van der Waals surface area contributed by atoms with E-state index in [0.29, 0.717) is 11.3 Å². The molecule has 3 aromatic rings. The van der Waals surface area contributed by atoms with E-state index in [1.54, 1.807) is 10.9 Å². The molecule has 0 atom stereocenters. The summed E-state index contributed by atoms with van der Waals surface area (Å²) in [6.45, 7) is 0. The van der Waals surface area contributed by atoms with Gasteiger partial charge in [-0.1, -0.05) is 18.2 Å². The molecule has 0 radical (unpaired) electrons. The highest BCUT2D eigenvalue weighted by atomic mass is 32.2. The predicted molar refractivity (Wildman–Crippen MR) is 103 cm³/mol. The second-order valence-electron chi connectivity index (χ2n) is 6.11. The van der Waals surface area contributed by atoms with E-state index in [-0.39, 0.29) is 15.7 Å². The maximum atomic E-state index is 13.7. The molecule has 28 heavy (non-hydrogen) atoms. The zero-order chi connectivity index (χ0) is 19.8. The van der Waals surface area contributed by atoms with Crippen LogP contribution >= 0.6 is 11.8 Å². The van der Waals surface area contributed by atoms with Crippen LogP contribution in [0.3, 0.4) is 0 Å². The first kappa shape index (κ1) is 18.1. The lowest BCUT2D eigenvalue weighted by atomic mass is 10.1. The molecule has 0 N–H and O–H groups in total. The van der Waals surface area contributed by atoms with E-state index in [4.69, 9.17) is 0 Å². The fourth-order valence-electron chi connectivity index (χ4n) is 2.81. The van der Waals surface area contributed by atoms with E-state index in [1.165, 1.54) is 25.3 Å². The smallest absolute Gasteiger partial charge is 0.272 e. The lowest BCUT2D eigenvalue weighted by Crippen LogP contribution is -2.22. The van der Waals surface area contributed by atoms with E-state index in [2.05, 4.69) is 5.10 Å². The van der Waals surface area contributed by atoms with Crippen molar-refractivity contribution in [2.45, 2.75) is 0 Å². The fraction of sp³-hybridized carbons (Fsp3) is 0.0500. The molecular formula is C20H13F2N3O2S. The summed E-state index contributed by atoms with van der Waals surface area (Å²) >= 11 is 0.805. The van der Waals surface area contributed by atoms with Crippen molar-refractivity contribution in [3.05, 3.63) is 76.8 Å². The molecule has 1 aliphatic heterocycles. The Morgan fingerprint density at radius 1 is 1.04 bits per heavy atom. The van der Waals surface area contributed by atoms with Crippen LogP contribution < -0.4 is 0 Å². The number of aromatic nitrogens is 2. The van der Waals surface area contributed by atoms with Gasteiger partial charge >= 0.3 is 0 Å². The third-order valence-corrected chi connectivity index (χ3v) is 5.13. The molecule has 2 amide bonds. The summed E-state index contributed by atoms with van der Waals surface area (Å²) in [6, 6.07) is 12.3. The minimum Gasteiger partial charge on any atom is -0.272 e. The third kappa shape index (κ3) is 3.34. The van der Waals surface area contributed by atoms with Gasteiger partial charge in [0, 0.05) is 30.4 Å². The Hall–Kier alpha value is -3.26. The number of amides is 2. The first-order chi connectivity index (χ1) is 13.4. The van der Waals surface area contributed by atoms with E-state index in [1.807, 2.05) is 30.3 Å². The maximum Gasteiger partial charge on any atom is 0.293 e.